The van der Waals surface area contributed by atoms with Crippen LogP contribution < -0.4 is 9.64 Å². The number of rotatable bonds is 5. The molecule has 0 spiro atoms. The first-order valence-electron chi connectivity index (χ1n) is 10.5. The summed E-state index contributed by atoms with van der Waals surface area (Å²) in [6.45, 7) is 8.57. The quantitative estimate of drug-likeness (QED) is 0.480. The number of nitrogens with zero attached hydrogens (tertiary/aromatic N) is 3. The van der Waals surface area contributed by atoms with Crippen molar-refractivity contribution in [2.75, 3.05) is 18.6 Å². The maximum atomic E-state index is 14.6. The van der Waals surface area contributed by atoms with Crippen LogP contribution in [0.5, 0.6) is 5.75 Å². The highest BCUT2D eigenvalue weighted by atomic mass is 32.2. The van der Waals surface area contributed by atoms with Crippen molar-refractivity contribution in [1.82, 2.24) is 9.78 Å². The lowest BCUT2D eigenvalue weighted by Crippen LogP contribution is -2.24. The van der Waals surface area contributed by atoms with Crippen LogP contribution in [0.3, 0.4) is 0 Å². The molecule has 1 aliphatic rings. The predicted molar refractivity (Wildman–Crippen MR) is 121 cm³/mol. The molecule has 4 nitrogen and oxygen atoms in total. The summed E-state index contributed by atoms with van der Waals surface area (Å²) in [5, 5.41) is 4.55. The average molecular weight is 444 g/mol. The molecule has 0 aliphatic carbocycles. The van der Waals surface area contributed by atoms with Crippen LogP contribution in [0.2, 0.25) is 0 Å². The number of methoxy groups -OCH3 is 1. The highest BCUT2D eigenvalue weighted by Crippen LogP contribution is 2.47. The Bertz CT molecular complexity index is 1100. The average Bonchev–Trinajstić information content (AvgIpc) is 2.92. The molecule has 3 aromatic rings. The van der Waals surface area contributed by atoms with Gasteiger partial charge in [0, 0.05) is 52.7 Å². The van der Waals surface area contributed by atoms with Gasteiger partial charge in [-0.25, -0.2) is 8.78 Å². The molecule has 0 bridgehead atoms. The Morgan fingerprint density at radius 1 is 1.16 bits per heavy atom. The topological polar surface area (TPSA) is 30.3 Å². The molecule has 164 valence electrons. The molecule has 31 heavy (non-hydrogen) atoms. The zero-order chi connectivity index (χ0) is 22.1. The molecule has 0 N–H and O–H groups in total. The zero-order valence-electron chi connectivity index (χ0n) is 18.3. The molecule has 4 rings (SSSR count). The van der Waals surface area contributed by atoms with E-state index >= 15 is 0 Å². The number of halogens is 2. The van der Waals surface area contributed by atoms with Gasteiger partial charge in [-0.05, 0) is 51.5 Å². The first-order chi connectivity index (χ1) is 14.9. The van der Waals surface area contributed by atoms with E-state index in [1.807, 2.05) is 23.7 Å². The summed E-state index contributed by atoms with van der Waals surface area (Å²) in [7, 11) is 1.64. The number of hydrogen-bond acceptors (Lipinski definition) is 4. The van der Waals surface area contributed by atoms with Crippen LogP contribution in [0.1, 0.15) is 41.1 Å². The molecule has 0 amide bonds. The summed E-state index contributed by atoms with van der Waals surface area (Å²) < 4.78 is 35.5. The maximum Gasteiger partial charge on any atom is 0.130 e. The lowest BCUT2D eigenvalue weighted by atomic mass is 10.1. The normalized spacial score (nSPS) is 16.2. The molecule has 2 aromatic carbocycles. The van der Waals surface area contributed by atoms with E-state index in [0.29, 0.717) is 5.56 Å². The predicted octanol–water partition coefficient (Wildman–Crippen LogP) is 6.05. The Kier molecular flexibility index (Phi) is 6.23. The van der Waals surface area contributed by atoms with Crippen molar-refractivity contribution in [2.45, 2.75) is 50.4 Å². The largest absolute Gasteiger partial charge is 0.497 e. The Morgan fingerprint density at radius 3 is 2.65 bits per heavy atom. The summed E-state index contributed by atoms with van der Waals surface area (Å²) in [4.78, 5) is 3.36. The maximum absolute atomic E-state index is 14.6. The number of fused-ring (bicyclic) bond motifs is 1. The second-order valence-corrected chi connectivity index (χ2v) is 9.03. The summed E-state index contributed by atoms with van der Waals surface area (Å²) in [5.74, 6) is -0.286. The van der Waals surface area contributed by atoms with Gasteiger partial charge in [0.1, 0.15) is 17.4 Å². The second kappa shape index (κ2) is 8.91. The number of aromatic nitrogens is 2. The number of aryl methyl sites for hydroxylation is 2. The molecule has 2 heterocycles. The Morgan fingerprint density at radius 2 is 1.97 bits per heavy atom. The second-order valence-electron chi connectivity index (χ2n) is 7.78. The van der Waals surface area contributed by atoms with Crippen LogP contribution in [-0.4, -0.2) is 23.4 Å². The Balaban J connectivity index is 1.72. The zero-order valence-corrected chi connectivity index (χ0v) is 19.1. The van der Waals surface area contributed by atoms with Gasteiger partial charge in [-0.2, -0.15) is 5.10 Å². The van der Waals surface area contributed by atoms with Crippen molar-refractivity contribution in [3.63, 3.8) is 0 Å². The minimum atomic E-state index is -0.553. The molecule has 0 fully saturated rings. The van der Waals surface area contributed by atoms with Crippen molar-refractivity contribution in [1.29, 1.82) is 0 Å². The fourth-order valence-corrected chi connectivity index (χ4v) is 5.54. The van der Waals surface area contributed by atoms with Crippen LogP contribution in [0, 0.1) is 25.5 Å². The molecule has 1 aliphatic heterocycles. The van der Waals surface area contributed by atoms with Crippen molar-refractivity contribution in [3.8, 4) is 5.75 Å². The van der Waals surface area contributed by atoms with Gasteiger partial charge < -0.3 is 9.64 Å². The van der Waals surface area contributed by atoms with E-state index in [2.05, 4.69) is 29.9 Å². The fourth-order valence-electron chi connectivity index (χ4n) is 4.19. The van der Waals surface area contributed by atoms with Gasteiger partial charge in [-0.3, -0.25) is 4.68 Å². The molecule has 0 radical (unpaired) electrons. The summed E-state index contributed by atoms with van der Waals surface area (Å²) in [6.07, 6.45) is 0.740. The first kappa shape index (κ1) is 21.7. The van der Waals surface area contributed by atoms with Gasteiger partial charge in [0.2, 0.25) is 0 Å². The van der Waals surface area contributed by atoms with Crippen molar-refractivity contribution < 1.29 is 13.5 Å². The number of thioether (sulfide) groups is 1. The summed E-state index contributed by atoms with van der Waals surface area (Å²) >= 11 is 1.61. The first-order valence-corrected chi connectivity index (χ1v) is 11.4. The fraction of sp³-hybridized carbons (Fsp3) is 0.375. The van der Waals surface area contributed by atoms with Crippen LogP contribution in [0.4, 0.5) is 14.5 Å². The van der Waals surface area contributed by atoms with E-state index in [1.54, 1.807) is 24.9 Å². The van der Waals surface area contributed by atoms with E-state index in [9.17, 15) is 8.78 Å². The van der Waals surface area contributed by atoms with Gasteiger partial charge >= 0.3 is 0 Å². The summed E-state index contributed by atoms with van der Waals surface area (Å²) in [5.41, 5.74) is 5.06. The van der Waals surface area contributed by atoms with E-state index in [0.717, 1.165) is 54.1 Å². The number of benzene rings is 2. The molecular weight excluding hydrogens is 416 g/mol. The van der Waals surface area contributed by atoms with Gasteiger partial charge in [-0.1, -0.05) is 6.07 Å². The third kappa shape index (κ3) is 4.28. The van der Waals surface area contributed by atoms with Gasteiger partial charge in [0.15, 0.2) is 0 Å². The molecule has 1 aromatic heterocycles. The number of anilines is 1. The third-order valence-electron chi connectivity index (χ3n) is 5.93. The van der Waals surface area contributed by atoms with Crippen molar-refractivity contribution >= 4 is 17.4 Å². The SMILES string of the molecule is CCn1nc(C)c(CN2CC[C@H](c3ccc(F)cc3F)Sc3cc(OC)ccc32)c1C. The minimum absolute atomic E-state index is 0.114. The third-order valence-corrected chi connectivity index (χ3v) is 7.28. The van der Waals surface area contributed by atoms with Gasteiger partial charge in [0.25, 0.3) is 0 Å². The highest BCUT2D eigenvalue weighted by Gasteiger charge is 2.27. The van der Waals surface area contributed by atoms with Crippen molar-refractivity contribution in [3.05, 3.63) is 70.5 Å². The monoisotopic (exact) mass is 443 g/mol. The van der Waals surface area contributed by atoms with E-state index in [4.69, 9.17) is 4.74 Å². The van der Waals surface area contributed by atoms with E-state index < -0.39 is 11.6 Å². The molecule has 0 saturated heterocycles. The van der Waals surface area contributed by atoms with Crippen LogP contribution in [0.15, 0.2) is 41.3 Å². The molecule has 0 unspecified atom stereocenters. The smallest absolute Gasteiger partial charge is 0.130 e. The van der Waals surface area contributed by atoms with E-state index in [-0.39, 0.29) is 5.25 Å². The van der Waals surface area contributed by atoms with Gasteiger partial charge in [-0.15, -0.1) is 11.8 Å². The number of ether oxygens (including phenoxy) is 1. The number of hydrogen-bond donors (Lipinski definition) is 0. The van der Waals surface area contributed by atoms with Crippen LogP contribution >= 0.6 is 11.8 Å². The van der Waals surface area contributed by atoms with Crippen molar-refractivity contribution in [2.24, 2.45) is 0 Å². The highest BCUT2D eigenvalue weighted by molar-refractivity contribution is 7.99. The summed E-state index contributed by atoms with van der Waals surface area (Å²) in [6, 6.07) is 9.90. The van der Waals surface area contributed by atoms with Crippen LogP contribution in [-0.2, 0) is 13.1 Å². The standard InChI is InChI=1S/C24H27F2N3OS/c1-5-29-16(3)20(15(2)27-29)14-28-11-10-23(19-8-6-17(25)12-21(19)26)31-24-13-18(30-4)7-9-22(24)28/h6-9,12-13,23H,5,10-11,14H2,1-4H3/t23-/m1/s1. The van der Waals surface area contributed by atoms with Gasteiger partial charge in [0.05, 0.1) is 18.5 Å². The lowest BCUT2D eigenvalue weighted by Gasteiger charge is -2.25. The molecular formula is C24H27F2N3OS. The molecule has 1 atom stereocenters. The lowest BCUT2D eigenvalue weighted by molar-refractivity contribution is 0.413. The molecule has 7 heteroatoms. The Hall–Kier alpha value is -2.54. The van der Waals surface area contributed by atoms with Crippen LogP contribution in [0.25, 0.3) is 0 Å². The molecule has 0 saturated carbocycles. The minimum Gasteiger partial charge on any atom is -0.497 e. The van der Waals surface area contributed by atoms with E-state index in [1.165, 1.54) is 17.3 Å². The Labute approximate surface area is 186 Å².